The zero-order chi connectivity index (χ0) is 14.5. The summed E-state index contributed by atoms with van der Waals surface area (Å²) in [6.45, 7) is 3.40. The molecule has 20 heavy (non-hydrogen) atoms. The van der Waals surface area contributed by atoms with Crippen LogP contribution in [0.1, 0.15) is 30.3 Å². The fourth-order valence-corrected chi connectivity index (χ4v) is 2.39. The third-order valence-electron chi connectivity index (χ3n) is 3.59. The van der Waals surface area contributed by atoms with Crippen molar-refractivity contribution in [1.29, 1.82) is 0 Å². The van der Waals surface area contributed by atoms with E-state index >= 15 is 0 Å². The number of piperidine rings is 1. The summed E-state index contributed by atoms with van der Waals surface area (Å²) in [5.74, 6) is 0.227. The maximum atomic E-state index is 12.1. The van der Waals surface area contributed by atoms with Crippen LogP contribution in [-0.4, -0.2) is 54.6 Å². The highest BCUT2D eigenvalue weighted by Crippen LogP contribution is 2.18. The minimum atomic E-state index is -0.272. The Morgan fingerprint density at radius 3 is 2.70 bits per heavy atom. The second kappa shape index (κ2) is 6.45. The molecule has 1 fully saturated rings. The average Bonchev–Trinajstić information content (AvgIpc) is 3.00. The van der Waals surface area contributed by atoms with Gasteiger partial charge in [0.25, 0.3) is 5.91 Å². The molecule has 2 heterocycles. The van der Waals surface area contributed by atoms with Crippen LogP contribution in [-0.2, 0) is 4.74 Å². The fraction of sp³-hybridized carbons (Fsp3) is 0.571. The van der Waals surface area contributed by atoms with Gasteiger partial charge < -0.3 is 19.0 Å². The number of hydrogen-bond acceptors (Lipinski definition) is 4. The molecule has 0 aliphatic carbocycles. The summed E-state index contributed by atoms with van der Waals surface area (Å²) in [6.07, 6.45) is 2.72. The fourth-order valence-electron chi connectivity index (χ4n) is 2.39. The van der Waals surface area contributed by atoms with E-state index in [1.54, 1.807) is 35.9 Å². The molecule has 1 aromatic heterocycles. The quantitative estimate of drug-likeness (QED) is 0.849. The van der Waals surface area contributed by atoms with Crippen LogP contribution < -0.4 is 0 Å². The molecule has 0 aromatic carbocycles. The Hall–Kier alpha value is -1.98. The van der Waals surface area contributed by atoms with Crippen LogP contribution in [0.5, 0.6) is 0 Å². The molecule has 0 atom stereocenters. The van der Waals surface area contributed by atoms with Crippen molar-refractivity contribution in [2.24, 2.45) is 0 Å². The first-order valence-corrected chi connectivity index (χ1v) is 6.85. The van der Waals surface area contributed by atoms with Gasteiger partial charge in [-0.1, -0.05) is 0 Å². The van der Waals surface area contributed by atoms with E-state index in [4.69, 9.17) is 9.15 Å². The topological polar surface area (TPSA) is 63.0 Å². The number of rotatable bonds is 3. The van der Waals surface area contributed by atoms with Crippen molar-refractivity contribution in [1.82, 2.24) is 9.80 Å². The molecule has 0 bridgehead atoms. The van der Waals surface area contributed by atoms with Gasteiger partial charge in [-0.05, 0) is 31.9 Å². The van der Waals surface area contributed by atoms with Crippen LogP contribution in [0.2, 0.25) is 0 Å². The van der Waals surface area contributed by atoms with Crippen molar-refractivity contribution in [2.75, 3.05) is 26.7 Å². The van der Waals surface area contributed by atoms with Crippen molar-refractivity contribution in [2.45, 2.75) is 25.8 Å². The molecule has 0 unspecified atom stereocenters. The maximum Gasteiger partial charge on any atom is 0.409 e. The number of ether oxygens (including phenoxy) is 1. The van der Waals surface area contributed by atoms with Gasteiger partial charge in [0.2, 0.25) is 0 Å². The Balaban J connectivity index is 1.87. The average molecular weight is 280 g/mol. The van der Waals surface area contributed by atoms with Crippen LogP contribution in [0, 0.1) is 0 Å². The second-order valence-corrected chi connectivity index (χ2v) is 4.81. The van der Waals surface area contributed by atoms with E-state index in [0.717, 1.165) is 12.8 Å². The van der Waals surface area contributed by atoms with Gasteiger partial charge in [-0.3, -0.25) is 4.79 Å². The maximum absolute atomic E-state index is 12.1. The summed E-state index contributed by atoms with van der Waals surface area (Å²) < 4.78 is 10.1. The summed E-state index contributed by atoms with van der Waals surface area (Å²) in [4.78, 5) is 27.1. The molecule has 1 aliphatic heterocycles. The largest absolute Gasteiger partial charge is 0.459 e. The summed E-state index contributed by atoms with van der Waals surface area (Å²) in [6, 6.07) is 3.48. The number of hydrogen-bond donors (Lipinski definition) is 0. The molecule has 0 spiro atoms. The molecule has 0 N–H and O–H groups in total. The lowest BCUT2D eigenvalue weighted by atomic mass is 10.0. The lowest BCUT2D eigenvalue weighted by molar-refractivity contribution is 0.0577. The molecule has 0 saturated carbocycles. The highest BCUT2D eigenvalue weighted by molar-refractivity contribution is 5.91. The zero-order valence-electron chi connectivity index (χ0n) is 11.9. The lowest BCUT2D eigenvalue weighted by Gasteiger charge is -2.35. The first-order valence-electron chi connectivity index (χ1n) is 6.85. The Kier molecular flexibility index (Phi) is 4.65. The van der Waals surface area contributed by atoms with Crippen molar-refractivity contribution < 1.29 is 18.7 Å². The van der Waals surface area contributed by atoms with Crippen LogP contribution in [0.3, 0.4) is 0 Å². The van der Waals surface area contributed by atoms with Crippen LogP contribution in [0.25, 0.3) is 0 Å². The molecular formula is C14H20N2O4. The van der Waals surface area contributed by atoms with Crippen LogP contribution in [0.15, 0.2) is 22.8 Å². The lowest BCUT2D eigenvalue weighted by Crippen LogP contribution is -2.47. The summed E-state index contributed by atoms with van der Waals surface area (Å²) in [5, 5.41) is 0. The summed E-state index contributed by atoms with van der Waals surface area (Å²) in [7, 11) is 1.77. The Bertz CT molecular complexity index is 450. The highest BCUT2D eigenvalue weighted by Gasteiger charge is 2.29. The molecular weight excluding hydrogens is 260 g/mol. The van der Waals surface area contributed by atoms with Gasteiger partial charge in [-0.25, -0.2) is 4.79 Å². The van der Waals surface area contributed by atoms with Crippen LogP contribution in [0.4, 0.5) is 4.79 Å². The van der Waals surface area contributed by atoms with Gasteiger partial charge >= 0.3 is 6.09 Å². The predicted molar refractivity (Wildman–Crippen MR) is 72.4 cm³/mol. The van der Waals surface area contributed by atoms with Gasteiger partial charge in [-0.2, -0.15) is 0 Å². The predicted octanol–water partition coefficient (Wildman–Crippen LogP) is 1.97. The molecule has 2 amide bonds. The van der Waals surface area contributed by atoms with Gasteiger partial charge in [0, 0.05) is 26.2 Å². The van der Waals surface area contributed by atoms with E-state index in [0.29, 0.717) is 25.5 Å². The highest BCUT2D eigenvalue weighted by atomic mass is 16.6. The smallest absolute Gasteiger partial charge is 0.409 e. The first-order chi connectivity index (χ1) is 9.63. The van der Waals surface area contributed by atoms with Gasteiger partial charge in [-0.15, -0.1) is 0 Å². The molecule has 2 rings (SSSR count). The minimum Gasteiger partial charge on any atom is -0.459 e. The third-order valence-corrected chi connectivity index (χ3v) is 3.59. The van der Waals surface area contributed by atoms with E-state index in [-0.39, 0.29) is 18.0 Å². The standard InChI is InChI=1S/C14H20N2O4/c1-3-19-14(18)16-8-6-11(7-9-16)15(2)13(17)12-5-4-10-20-12/h4-5,10-11H,3,6-9H2,1-2H3. The number of amides is 2. The molecule has 0 radical (unpaired) electrons. The number of likely N-dealkylation sites (tertiary alicyclic amines) is 1. The second-order valence-electron chi connectivity index (χ2n) is 4.81. The number of carbonyl (C=O) groups excluding carboxylic acids is 2. The molecule has 110 valence electrons. The van der Waals surface area contributed by atoms with E-state index in [1.165, 1.54) is 6.26 Å². The van der Waals surface area contributed by atoms with E-state index in [1.807, 2.05) is 0 Å². The van der Waals surface area contributed by atoms with Crippen molar-refractivity contribution in [3.63, 3.8) is 0 Å². The monoisotopic (exact) mass is 280 g/mol. The van der Waals surface area contributed by atoms with Gasteiger partial charge in [0.1, 0.15) is 0 Å². The van der Waals surface area contributed by atoms with E-state index in [2.05, 4.69) is 0 Å². The zero-order valence-corrected chi connectivity index (χ0v) is 11.9. The molecule has 1 aromatic rings. The molecule has 1 aliphatic rings. The molecule has 6 nitrogen and oxygen atoms in total. The van der Waals surface area contributed by atoms with E-state index < -0.39 is 0 Å². The number of nitrogens with zero attached hydrogens (tertiary/aromatic N) is 2. The number of furan rings is 1. The summed E-state index contributed by atoms with van der Waals surface area (Å²) in [5.41, 5.74) is 0. The van der Waals surface area contributed by atoms with E-state index in [9.17, 15) is 9.59 Å². The van der Waals surface area contributed by atoms with Crippen molar-refractivity contribution in [3.05, 3.63) is 24.2 Å². The minimum absolute atomic E-state index is 0.121. The van der Waals surface area contributed by atoms with Crippen molar-refractivity contribution in [3.8, 4) is 0 Å². The first kappa shape index (κ1) is 14.4. The Labute approximate surface area is 118 Å². The third kappa shape index (κ3) is 3.12. The number of carbonyl (C=O) groups is 2. The molecule has 1 saturated heterocycles. The summed E-state index contributed by atoms with van der Waals surface area (Å²) >= 11 is 0. The molecule has 6 heteroatoms. The SMILES string of the molecule is CCOC(=O)N1CCC(N(C)C(=O)c2ccco2)CC1. The van der Waals surface area contributed by atoms with Crippen molar-refractivity contribution >= 4 is 12.0 Å². The normalized spacial score (nSPS) is 16.0. The Morgan fingerprint density at radius 1 is 1.45 bits per heavy atom. The van der Waals surface area contributed by atoms with Gasteiger partial charge in [0.15, 0.2) is 5.76 Å². The van der Waals surface area contributed by atoms with Crippen LogP contribution >= 0.6 is 0 Å². The Morgan fingerprint density at radius 2 is 2.15 bits per heavy atom. The van der Waals surface area contributed by atoms with Gasteiger partial charge in [0.05, 0.1) is 12.9 Å².